The summed E-state index contributed by atoms with van der Waals surface area (Å²) in [6, 6.07) is 76.0. The lowest BCUT2D eigenvalue weighted by atomic mass is 9.76. The molecule has 0 radical (unpaired) electrons. The van der Waals surface area contributed by atoms with E-state index < -0.39 is 0 Å². The van der Waals surface area contributed by atoms with Crippen LogP contribution in [0.3, 0.4) is 0 Å². The molecule has 12 aromatic rings. The second-order valence-corrected chi connectivity index (χ2v) is 22.3. The van der Waals surface area contributed by atoms with Gasteiger partial charge in [0.1, 0.15) is 0 Å². The number of benzene rings is 9. The molecule has 0 N–H and O–H groups in total. The van der Waals surface area contributed by atoms with Crippen molar-refractivity contribution in [1.29, 1.82) is 0 Å². The molecule has 2 aliphatic rings. The number of hydrogen-bond donors (Lipinski definition) is 0. The highest BCUT2D eigenvalue weighted by Gasteiger charge is 2.31. The van der Waals surface area contributed by atoms with Crippen LogP contribution < -0.4 is 0 Å². The van der Waals surface area contributed by atoms with E-state index in [0.717, 1.165) is 56.0 Å². The highest BCUT2D eigenvalue weighted by Crippen LogP contribution is 2.52. The van der Waals surface area contributed by atoms with Crippen LogP contribution in [0.25, 0.3) is 139 Å². The number of rotatable bonds is 3. The monoisotopic (exact) mass is 962 g/mol. The highest BCUT2D eigenvalue weighted by molar-refractivity contribution is 6.10. The van der Waals surface area contributed by atoms with Crippen molar-refractivity contribution in [2.75, 3.05) is 0 Å². The van der Waals surface area contributed by atoms with E-state index in [9.17, 15) is 0 Å². The van der Waals surface area contributed by atoms with Crippen molar-refractivity contribution in [2.45, 2.75) is 52.4 Å². The summed E-state index contributed by atoms with van der Waals surface area (Å²) in [7, 11) is 0. The lowest BCUT2D eigenvalue weighted by Gasteiger charge is -2.29. The standard InChI is InChI=1S/C71H54N4/c1-70(2,3)63-41-61-57-30-19-37-72-68(57)56-29-14-13-23-48(56)47-22-9-12-26-51(47)60(61)40-62(63)69-73-42-64(71(4,5)6)67(74-69)43-33-35-52-53-36-34-44(75-65-31-17-15-27-54(65)55-28-16-18-32-66(55)75)39-59(53)50-25-11-8-21-46(50)45-20-7-10-24-49(45)58(52)38-43/h7-42H,1-6H3. The predicted octanol–water partition coefficient (Wildman–Crippen LogP) is 18.9. The maximum atomic E-state index is 5.77. The molecule has 0 atom stereocenters. The Morgan fingerprint density at radius 1 is 0.320 bits per heavy atom. The third-order valence-corrected chi connectivity index (χ3v) is 15.7. The fraction of sp³-hybridized carbons (Fsp3) is 0.113. The normalized spacial score (nSPS) is 12.4. The van der Waals surface area contributed by atoms with Gasteiger partial charge in [0.2, 0.25) is 0 Å². The highest BCUT2D eigenvalue weighted by atomic mass is 15.0. The van der Waals surface area contributed by atoms with E-state index in [2.05, 4.69) is 259 Å². The van der Waals surface area contributed by atoms with Gasteiger partial charge in [-0.3, -0.25) is 4.98 Å². The molecule has 75 heavy (non-hydrogen) atoms. The van der Waals surface area contributed by atoms with Gasteiger partial charge in [0.15, 0.2) is 5.82 Å². The Kier molecular flexibility index (Phi) is 10.00. The average Bonchev–Trinajstić information content (AvgIpc) is 3.78. The van der Waals surface area contributed by atoms with Crippen molar-refractivity contribution in [3.8, 4) is 117 Å². The average molecular weight is 963 g/mol. The molecule has 2 aliphatic carbocycles. The third-order valence-electron chi connectivity index (χ3n) is 15.7. The van der Waals surface area contributed by atoms with Crippen LogP contribution in [0.5, 0.6) is 0 Å². The molecular formula is C71H54N4. The van der Waals surface area contributed by atoms with E-state index in [1.807, 2.05) is 6.20 Å². The lowest BCUT2D eigenvalue weighted by Crippen LogP contribution is -2.17. The zero-order chi connectivity index (χ0) is 50.7. The second-order valence-electron chi connectivity index (χ2n) is 22.3. The summed E-state index contributed by atoms with van der Waals surface area (Å²) < 4.78 is 2.43. The van der Waals surface area contributed by atoms with Crippen LogP contribution in [0.2, 0.25) is 0 Å². The summed E-state index contributed by atoms with van der Waals surface area (Å²) >= 11 is 0. The van der Waals surface area contributed by atoms with Crippen molar-refractivity contribution >= 4 is 21.8 Å². The number of aromatic nitrogens is 4. The number of nitrogens with zero attached hydrogens (tertiary/aromatic N) is 4. The van der Waals surface area contributed by atoms with E-state index in [1.165, 1.54) is 88.6 Å². The minimum absolute atomic E-state index is 0.254. The summed E-state index contributed by atoms with van der Waals surface area (Å²) in [5.74, 6) is 0.709. The van der Waals surface area contributed by atoms with Gasteiger partial charge in [-0.25, -0.2) is 9.97 Å². The van der Waals surface area contributed by atoms with Gasteiger partial charge < -0.3 is 4.57 Å². The van der Waals surface area contributed by atoms with Crippen molar-refractivity contribution in [3.05, 3.63) is 230 Å². The molecule has 14 rings (SSSR count). The van der Waals surface area contributed by atoms with Gasteiger partial charge in [0.05, 0.1) is 22.4 Å². The molecule has 0 bridgehead atoms. The Labute approximate surface area is 438 Å². The SMILES string of the molecule is CC(C)(C)c1cc2c(cc1-c1ncc(C(C)(C)C)c(-c3ccc4c(c3)-c3ccccc3-c3ccccc3-c3cc(-n5c6ccccc6c6ccccc65)ccc3-4)n1)-c1ccccc1-c1ccccc1-c1ncccc1-2. The van der Waals surface area contributed by atoms with E-state index >= 15 is 0 Å². The van der Waals surface area contributed by atoms with Crippen LogP contribution in [-0.2, 0) is 10.8 Å². The first-order valence-corrected chi connectivity index (χ1v) is 26.2. The summed E-state index contributed by atoms with van der Waals surface area (Å²) in [6.45, 7) is 13.7. The predicted molar refractivity (Wildman–Crippen MR) is 313 cm³/mol. The first-order chi connectivity index (χ1) is 36.5. The Morgan fingerprint density at radius 2 is 0.760 bits per heavy atom. The minimum atomic E-state index is -0.257. The van der Waals surface area contributed by atoms with Gasteiger partial charge in [-0.05, 0) is 137 Å². The van der Waals surface area contributed by atoms with Crippen molar-refractivity contribution in [3.63, 3.8) is 0 Å². The molecule has 3 heterocycles. The van der Waals surface area contributed by atoms with Crippen LogP contribution in [-0.4, -0.2) is 19.5 Å². The zero-order valence-corrected chi connectivity index (χ0v) is 43.1. The van der Waals surface area contributed by atoms with Crippen LogP contribution in [0, 0.1) is 0 Å². The first-order valence-electron chi connectivity index (χ1n) is 26.2. The van der Waals surface area contributed by atoms with Crippen molar-refractivity contribution in [2.24, 2.45) is 0 Å². The molecule has 0 spiro atoms. The number of pyridine rings is 1. The summed E-state index contributed by atoms with van der Waals surface area (Å²) in [5, 5.41) is 2.50. The first kappa shape index (κ1) is 44.7. The fourth-order valence-corrected chi connectivity index (χ4v) is 12.2. The molecule has 0 unspecified atom stereocenters. The van der Waals surface area contributed by atoms with E-state index in [1.54, 1.807) is 0 Å². The fourth-order valence-electron chi connectivity index (χ4n) is 12.2. The maximum Gasteiger partial charge on any atom is 0.160 e. The molecule has 9 aromatic carbocycles. The Morgan fingerprint density at radius 3 is 1.33 bits per heavy atom. The summed E-state index contributed by atoms with van der Waals surface area (Å²) in [6.07, 6.45) is 4.01. The van der Waals surface area contributed by atoms with Crippen LogP contribution in [0.1, 0.15) is 52.7 Å². The molecule has 4 heteroatoms. The quantitative estimate of drug-likeness (QED) is 0.177. The molecule has 0 amide bonds. The Balaban J connectivity index is 0.994. The topological polar surface area (TPSA) is 43.6 Å². The molecule has 0 saturated heterocycles. The summed E-state index contributed by atoms with van der Waals surface area (Å²) in [5.41, 5.74) is 26.9. The lowest BCUT2D eigenvalue weighted by molar-refractivity contribution is 0.585. The third kappa shape index (κ3) is 7.07. The second kappa shape index (κ2) is 16.8. The zero-order valence-electron chi connectivity index (χ0n) is 43.1. The van der Waals surface area contributed by atoms with Crippen LogP contribution in [0.15, 0.2) is 219 Å². The number of para-hydroxylation sites is 2. The van der Waals surface area contributed by atoms with E-state index in [-0.39, 0.29) is 10.8 Å². The molecular weight excluding hydrogens is 909 g/mol. The Bertz CT molecular complexity index is 4270. The maximum absolute atomic E-state index is 5.77. The molecule has 0 saturated carbocycles. The van der Waals surface area contributed by atoms with Gasteiger partial charge >= 0.3 is 0 Å². The Hall–Kier alpha value is -8.99. The van der Waals surface area contributed by atoms with Crippen LogP contribution in [0.4, 0.5) is 0 Å². The van der Waals surface area contributed by atoms with Gasteiger partial charge in [0, 0.05) is 56.7 Å². The van der Waals surface area contributed by atoms with Gasteiger partial charge in [0.25, 0.3) is 0 Å². The van der Waals surface area contributed by atoms with Crippen LogP contribution >= 0.6 is 0 Å². The number of hydrogen-bond acceptors (Lipinski definition) is 3. The number of fused-ring (bicyclic) bond motifs is 19. The van der Waals surface area contributed by atoms with E-state index in [0.29, 0.717) is 5.82 Å². The molecule has 358 valence electrons. The minimum Gasteiger partial charge on any atom is -0.309 e. The largest absolute Gasteiger partial charge is 0.309 e. The van der Waals surface area contributed by atoms with E-state index in [4.69, 9.17) is 15.0 Å². The van der Waals surface area contributed by atoms with Gasteiger partial charge in [-0.1, -0.05) is 199 Å². The van der Waals surface area contributed by atoms with Gasteiger partial charge in [-0.15, -0.1) is 0 Å². The van der Waals surface area contributed by atoms with Crippen molar-refractivity contribution in [1.82, 2.24) is 19.5 Å². The molecule has 4 nitrogen and oxygen atoms in total. The molecule has 0 fully saturated rings. The van der Waals surface area contributed by atoms with Crippen molar-refractivity contribution < 1.29 is 0 Å². The van der Waals surface area contributed by atoms with Gasteiger partial charge in [-0.2, -0.15) is 0 Å². The summed E-state index contributed by atoms with van der Waals surface area (Å²) in [4.78, 5) is 16.2. The molecule has 3 aromatic heterocycles. The smallest absolute Gasteiger partial charge is 0.160 e. The molecule has 0 aliphatic heterocycles.